The Balaban J connectivity index is 1.90. The van der Waals surface area contributed by atoms with Crippen molar-refractivity contribution in [3.05, 3.63) is 40.5 Å². The zero-order valence-corrected chi connectivity index (χ0v) is 10.4. The highest BCUT2D eigenvalue weighted by atomic mass is 35.5. The average Bonchev–Trinajstić information content (AvgIpc) is 2.68. The number of benzene rings is 1. The van der Waals surface area contributed by atoms with E-state index in [4.69, 9.17) is 33.7 Å². The second-order valence-electron chi connectivity index (χ2n) is 3.43. The summed E-state index contributed by atoms with van der Waals surface area (Å²) in [5, 5.41) is 5.12. The van der Waals surface area contributed by atoms with E-state index in [1.807, 2.05) is 0 Å². The lowest BCUT2D eigenvalue weighted by molar-refractivity contribution is 0.291. The Hall–Kier alpha value is -1.39. The van der Waals surface area contributed by atoms with Gasteiger partial charge in [-0.25, -0.2) is 0 Å². The minimum Gasteiger partial charge on any atom is -0.490 e. The van der Waals surface area contributed by atoms with E-state index in [0.29, 0.717) is 34.8 Å². The van der Waals surface area contributed by atoms with E-state index in [1.165, 1.54) is 0 Å². The zero-order valence-electron chi connectivity index (χ0n) is 8.94. The molecule has 2 rings (SSSR count). The Morgan fingerprint density at radius 1 is 1.29 bits per heavy atom. The smallest absolute Gasteiger partial charge is 0.145 e. The third kappa shape index (κ3) is 3.28. The summed E-state index contributed by atoms with van der Waals surface area (Å²) in [6.07, 6.45) is 1.79. The highest BCUT2D eigenvalue weighted by molar-refractivity contribution is 6.35. The molecule has 0 aliphatic heterocycles. The highest BCUT2D eigenvalue weighted by Gasteiger charge is 2.02. The Bertz CT molecular complexity index is 513. The maximum atomic E-state index is 5.96. The molecule has 0 bridgehead atoms. The predicted molar refractivity (Wildman–Crippen MR) is 68.6 cm³/mol. The minimum atomic E-state index is 0.461. The van der Waals surface area contributed by atoms with Gasteiger partial charge >= 0.3 is 0 Å². The van der Waals surface area contributed by atoms with Crippen molar-refractivity contribution in [2.45, 2.75) is 6.54 Å². The van der Waals surface area contributed by atoms with Crippen LogP contribution in [0.25, 0.3) is 0 Å². The van der Waals surface area contributed by atoms with E-state index in [-0.39, 0.29) is 0 Å². The number of aromatic nitrogens is 2. The third-order valence-corrected chi connectivity index (χ3v) is 2.66. The van der Waals surface area contributed by atoms with Gasteiger partial charge in [0.25, 0.3) is 0 Å². The zero-order chi connectivity index (χ0) is 12.3. The molecule has 17 heavy (non-hydrogen) atoms. The SMILES string of the molecule is Nc1ccn(CCOc2ccc(Cl)cc2Cl)n1. The Morgan fingerprint density at radius 3 is 2.76 bits per heavy atom. The molecule has 4 nitrogen and oxygen atoms in total. The van der Waals surface area contributed by atoms with Crippen LogP contribution in [0.15, 0.2) is 30.5 Å². The highest BCUT2D eigenvalue weighted by Crippen LogP contribution is 2.27. The number of hydrogen-bond acceptors (Lipinski definition) is 3. The molecule has 2 N–H and O–H groups in total. The predicted octanol–water partition coefficient (Wildman–Crippen LogP) is 2.85. The van der Waals surface area contributed by atoms with Gasteiger partial charge in [-0.05, 0) is 24.3 Å². The van der Waals surface area contributed by atoms with Gasteiger partial charge < -0.3 is 10.5 Å². The van der Waals surface area contributed by atoms with Crippen LogP contribution in [-0.4, -0.2) is 16.4 Å². The van der Waals surface area contributed by atoms with E-state index in [9.17, 15) is 0 Å². The summed E-state index contributed by atoms with van der Waals surface area (Å²) in [7, 11) is 0. The topological polar surface area (TPSA) is 53.1 Å². The Kier molecular flexibility index (Phi) is 3.76. The molecular weight excluding hydrogens is 261 g/mol. The maximum Gasteiger partial charge on any atom is 0.145 e. The molecule has 0 aliphatic rings. The molecule has 0 radical (unpaired) electrons. The Morgan fingerprint density at radius 2 is 2.12 bits per heavy atom. The molecule has 0 amide bonds. The number of rotatable bonds is 4. The van der Waals surface area contributed by atoms with Crippen molar-refractivity contribution in [2.75, 3.05) is 12.3 Å². The van der Waals surface area contributed by atoms with E-state index >= 15 is 0 Å². The van der Waals surface area contributed by atoms with Gasteiger partial charge in [-0.1, -0.05) is 23.2 Å². The summed E-state index contributed by atoms with van der Waals surface area (Å²) in [5.41, 5.74) is 5.49. The molecule has 90 valence electrons. The van der Waals surface area contributed by atoms with Crippen LogP contribution in [0.4, 0.5) is 5.82 Å². The molecule has 0 unspecified atom stereocenters. The number of anilines is 1. The quantitative estimate of drug-likeness (QED) is 0.931. The maximum absolute atomic E-state index is 5.96. The second kappa shape index (κ2) is 5.29. The van der Waals surface area contributed by atoms with Gasteiger partial charge in [-0.3, -0.25) is 4.68 Å². The normalized spacial score (nSPS) is 10.5. The van der Waals surface area contributed by atoms with Crippen LogP contribution in [0.1, 0.15) is 0 Å². The van der Waals surface area contributed by atoms with Crippen molar-refractivity contribution in [1.29, 1.82) is 0 Å². The van der Waals surface area contributed by atoms with E-state index in [0.717, 1.165) is 0 Å². The molecular formula is C11H11Cl2N3O. The molecule has 0 saturated heterocycles. The van der Waals surface area contributed by atoms with Crippen molar-refractivity contribution in [3.63, 3.8) is 0 Å². The molecule has 1 aromatic heterocycles. The molecule has 0 fully saturated rings. The number of ether oxygens (including phenoxy) is 1. The van der Waals surface area contributed by atoms with Gasteiger partial charge in [0.05, 0.1) is 11.6 Å². The van der Waals surface area contributed by atoms with Crippen molar-refractivity contribution in [1.82, 2.24) is 9.78 Å². The summed E-state index contributed by atoms with van der Waals surface area (Å²) in [5.74, 6) is 1.10. The van der Waals surface area contributed by atoms with Crippen LogP contribution in [0.2, 0.25) is 10.0 Å². The summed E-state index contributed by atoms with van der Waals surface area (Å²) in [6, 6.07) is 6.84. The fourth-order valence-corrected chi connectivity index (χ4v) is 1.81. The van der Waals surface area contributed by atoms with Crippen molar-refractivity contribution < 1.29 is 4.74 Å². The lowest BCUT2D eigenvalue weighted by Crippen LogP contribution is -2.09. The summed E-state index contributed by atoms with van der Waals surface area (Å²) in [4.78, 5) is 0. The van der Waals surface area contributed by atoms with E-state index in [2.05, 4.69) is 5.10 Å². The van der Waals surface area contributed by atoms with Gasteiger partial charge in [0.15, 0.2) is 0 Å². The van der Waals surface area contributed by atoms with Crippen molar-refractivity contribution in [2.24, 2.45) is 0 Å². The molecule has 0 aliphatic carbocycles. The lowest BCUT2D eigenvalue weighted by Gasteiger charge is -2.08. The van der Waals surface area contributed by atoms with Crippen molar-refractivity contribution in [3.8, 4) is 5.75 Å². The van der Waals surface area contributed by atoms with Gasteiger partial charge in [0.2, 0.25) is 0 Å². The monoisotopic (exact) mass is 271 g/mol. The summed E-state index contributed by atoms with van der Waals surface area (Å²) in [6.45, 7) is 1.07. The van der Waals surface area contributed by atoms with Gasteiger partial charge in [-0.2, -0.15) is 5.10 Å². The van der Waals surface area contributed by atoms with Crippen LogP contribution in [0.5, 0.6) is 5.75 Å². The van der Waals surface area contributed by atoms with Crippen LogP contribution in [0, 0.1) is 0 Å². The molecule has 0 atom stereocenters. The van der Waals surface area contributed by atoms with Crippen LogP contribution in [0.3, 0.4) is 0 Å². The summed E-state index contributed by atoms with van der Waals surface area (Å²) < 4.78 is 7.22. The van der Waals surface area contributed by atoms with Gasteiger partial charge in [0.1, 0.15) is 18.2 Å². The minimum absolute atomic E-state index is 0.461. The Labute approximate surface area is 109 Å². The number of nitrogens with two attached hydrogens (primary N) is 1. The standard InChI is InChI=1S/C11H11Cl2N3O/c12-8-1-2-10(9(13)7-8)17-6-5-16-4-3-11(14)15-16/h1-4,7H,5-6H2,(H2,14,15). The average molecular weight is 272 g/mol. The third-order valence-electron chi connectivity index (χ3n) is 2.13. The molecule has 0 spiro atoms. The first-order valence-corrected chi connectivity index (χ1v) is 5.77. The number of nitrogens with zero attached hydrogens (tertiary/aromatic N) is 2. The molecule has 1 aromatic carbocycles. The fraction of sp³-hybridized carbons (Fsp3) is 0.182. The van der Waals surface area contributed by atoms with Crippen molar-refractivity contribution >= 4 is 29.0 Å². The summed E-state index contributed by atoms with van der Waals surface area (Å²) >= 11 is 11.7. The molecule has 6 heteroatoms. The first kappa shape index (κ1) is 12.1. The van der Waals surface area contributed by atoms with Crippen LogP contribution >= 0.6 is 23.2 Å². The molecule has 1 heterocycles. The van der Waals surface area contributed by atoms with Gasteiger partial charge in [0, 0.05) is 11.2 Å². The second-order valence-corrected chi connectivity index (χ2v) is 4.27. The number of halogens is 2. The fourth-order valence-electron chi connectivity index (χ4n) is 1.34. The van der Waals surface area contributed by atoms with Crippen LogP contribution in [-0.2, 0) is 6.54 Å². The van der Waals surface area contributed by atoms with E-state index in [1.54, 1.807) is 35.1 Å². The van der Waals surface area contributed by atoms with E-state index < -0.39 is 0 Å². The van der Waals surface area contributed by atoms with Crippen LogP contribution < -0.4 is 10.5 Å². The van der Waals surface area contributed by atoms with Gasteiger partial charge in [-0.15, -0.1) is 0 Å². The largest absolute Gasteiger partial charge is 0.490 e. The first-order chi connectivity index (χ1) is 8.15. The number of nitrogen functional groups attached to an aromatic ring is 1. The number of hydrogen-bond donors (Lipinski definition) is 1. The molecule has 0 saturated carbocycles. The lowest BCUT2D eigenvalue weighted by atomic mass is 10.3. The molecule has 2 aromatic rings. The first-order valence-electron chi connectivity index (χ1n) is 5.02.